The highest BCUT2D eigenvalue weighted by Gasteiger charge is 2.28. The van der Waals surface area contributed by atoms with Gasteiger partial charge in [0.2, 0.25) is 0 Å². The van der Waals surface area contributed by atoms with Gasteiger partial charge in [0.1, 0.15) is 11.8 Å². The predicted molar refractivity (Wildman–Crippen MR) is 75.7 cm³/mol. The van der Waals surface area contributed by atoms with E-state index in [2.05, 4.69) is 5.32 Å². The monoisotopic (exact) mass is 281 g/mol. The molecule has 1 aromatic rings. The SMILES string of the molecule is COC(=O)C(CSc1cccc(OC)c1)NC1CC1. The molecule has 1 atom stereocenters. The van der Waals surface area contributed by atoms with Gasteiger partial charge in [-0.25, -0.2) is 0 Å². The molecule has 0 spiro atoms. The van der Waals surface area contributed by atoms with Crippen molar-refractivity contribution in [1.82, 2.24) is 5.32 Å². The molecule has 0 amide bonds. The Hall–Kier alpha value is -1.20. The molecule has 1 aliphatic carbocycles. The number of benzene rings is 1. The number of hydrogen-bond donors (Lipinski definition) is 1. The Balaban J connectivity index is 1.90. The Labute approximate surface area is 117 Å². The van der Waals surface area contributed by atoms with Gasteiger partial charge in [0.25, 0.3) is 0 Å². The van der Waals surface area contributed by atoms with Crippen LogP contribution in [0.2, 0.25) is 0 Å². The van der Waals surface area contributed by atoms with Gasteiger partial charge in [0.05, 0.1) is 14.2 Å². The van der Waals surface area contributed by atoms with E-state index < -0.39 is 0 Å². The summed E-state index contributed by atoms with van der Waals surface area (Å²) in [5.41, 5.74) is 0. The minimum Gasteiger partial charge on any atom is -0.497 e. The molecule has 1 aromatic carbocycles. The van der Waals surface area contributed by atoms with Crippen molar-refractivity contribution in [3.8, 4) is 5.75 Å². The summed E-state index contributed by atoms with van der Waals surface area (Å²) in [7, 11) is 3.08. The van der Waals surface area contributed by atoms with Gasteiger partial charge >= 0.3 is 5.97 Å². The number of hydrogen-bond acceptors (Lipinski definition) is 5. The van der Waals surface area contributed by atoms with Crippen LogP contribution >= 0.6 is 11.8 Å². The minimum atomic E-state index is -0.242. The highest BCUT2D eigenvalue weighted by Crippen LogP contribution is 2.25. The van der Waals surface area contributed by atoms with Crippen molar-refractivity contribution in [2.45, 2.75) is 29.8 Å². The van der Waals surface area contributed by atoms with E-state index in [1.165, 1.54) is 7.11 Å². The van der Waals surface area contributed by atoms with Crippen LogP contribution in [-0.4, -0.2) is 38.0 Å². The number of esters is 1. The molecule has 0 radical (unpaired) electrons. The highest BCUT2D eigenvalue weighted by atomic mass is 32.2. The molecule has 19 heavy (non-hydrogen) atoms. The van der Waals surface area contributed by atoms with Crippen LogP contribution in [0, 0.1) is 0 Å². The van der Waals surface area contributed by atoms with Crippen LogP contribution < -0.4 is 10.1 Å². The summed E-state index contributed by atoms with van der Waals surface area (Å²) in [5, 5.41) is 3.31. The van der Waals surface area contributed by atoms with Gasteiger partial charge in [-0.1, -0.05) is 6.07 Å². The maximum atomic E-state index is 11.7. The molecule has 1 saturated carbocycles. The van der Waals surface area contributed by atoms with Crippen molar-refractivity contribution in [2.24, 2.45) is 0 Å². The first-order valence-electron chi connectivity index (χ1n) is 6.33. The Morgan fingerprint density at radius 3 is 2.89 bits per heavy atom. The molecule has 0 bridgehead atoms. The molecule has 104 valence electrons. The second-order valence-corrected chi connectivity index (χ2v) is 5.60. The number of methoxy groups -OCH3 is 2. The summed E-state index contributed by atoms with van der Waals surface area (Å²) in [6.07, 6.45) is 2.30. The van der Waals surface area contributed by atoms with E-state index >= 15 is 0 Å². The number of carbonyl (C=O) groups is 1. The van der Waals surface area contributed by atoms with Crippen LogP contribution in [0.3, 0.4) is 0 Å². The predicted octanol–water partition coefficient (Wildman–Crippen LogP) is 2.08. The van der Waals surface area contributed by atoms with Gasteiger partial charge in [-0.2, -0.15) is 0 Å². The molecular formula is C14H19NO3S. The normalized spacial score (nSPS) is 15.9. The van der Waals surface area contributed by atoms with E-state index in [0.29, 0.717) is 11.8 Å². The standard InChI is InChI=1S/C14H19NO3S/c1-17-11-4-3-5-12(8-11)19-9-13(14(16)18-2)15-10-6-7-10/h3-5,8,10,13,15H,6-7,9H2,1-2H3. The maximum Gasteiger partial charge on any atom is 0.323 e. The van der Waals surface area contributed by atoms with E-state index in [0.717, 1.165) is 23.5 Å². The largest absolute Gasteiger partial charge is 0.497 e. The van der Waals surface area contributed by atoms with Crippen LogP contribution in [0.1, 0.15) is 12.8 Å². The number of nitrogens with one attached hydrogen (secondary N) is 1. The maximum absolute atomic E-state index is 11.7. The smallest absolute Gasteiger partial charge is 0.323 e. The number of rotatable bonds is 7. The number of ether oxygens (including phenoxy) is 2. The molecule has 1 fully saturated rings. The Bertz CT molecular complexity index is 434. The Morgan fingerprint density at radius 2 is 2.26 bits per heavy atom. The highest BCUT2D eigenvalue weighted by molar-refractivity contribution is 7.99. The van der Waals surface area contributed by atoms with E-state index in [9.17, 15) is 4.79 Å². The molecular weight excluding hydrogens is 262 g/mol. The zero-order chi connectivity index (χ0) is 13.7. The van der Waals surface area contributed by atoms with E-state index in [4.69, 9.17) is 9.47 Å². The lowest BCUT2D eigenvalue weighted by atomic mass is 10.3. The molecule has 0 aromatic heterocycles. The third-order valence-corrected chi connectivity index (χ3v) is 4.05. The first kappa shape index (κ1) is 14.2. The topological polar surface area (TPSA) is 47.6 Å². The van der Waals surface area contributed by atoms with Gasteiger partial charge < -0.3 is 14.8 Å². The molecule has 0 aliphatic heterocycles. The summed E-state index contributed by atoms with van der Waals surface area (Å²) in [4.78, 5) is 12.8. The zero-order valence-corrected chi connectivity index (χ0v) is 12.0. The van der Waals surface area contributed by atoms with Gasteiger partial charge in [-0.3, -0.25) is 4.79 Å². The average Bonchev–Trinajstić information content (AvgIpc) is 3.26. The van der Waals surface area contributed by atoms with Crippen LogP contribution in [-0.2, 0) is 9.53 Å². The summed E-state index contributed by atoms with van der Waals surface area (Å²) in [6, 6.07) is 8.07. The van der Waals surface area contributed by atoms with Gasteiger partial charge in [-0.15, -0.1) is 11.8 Å². The number of thioether (sulfide) groups is 1. The minimum absolute atomic E-state index is 0.192. The van der Waals surface area contributed by atoms with E-state index in [1.807, 2.05) is 24.3 Å². The van der Waals surface area contributed by atoms with Crippen molar-refractivity contribution in [1.29, 1.82) is 0 Å². The lowest BCUT2D eigenvalue weighted by Gasteiger charge is -2.15. The second kappa shape index (κ2) is 6.82. The fourth-order valence-electron chi connectivity index (χ4n) is 1.73. The molecule has 1 aliphatic rings. The summed E-state index contributed by atoms with van der Waals surface area (Å²) in [5.74, 6) is 1.30. The Kier molecular flexibility index (Phi) is 5.10. The van der Waals surface area contributed by atoms with Crippen LogP contribution in [0.5, 0.6) is 5.75 Å². The lowest BCUT2D eigenvalue weighted by molar-refractivity contribution is -0.142. The van der Waals surface area contributed by atoms with Crippen molar-refractivity contribution in [2.75, 3.05) is 20.0 Å². The van der Waals surface area contributed by atoms with E-state index in [1.54, 1.807) is 18.9 Å². The second-order valence-electron chi connectivity index (χ2n) is 4.51. The molecule has 1 unspecified atom stereocenters. The fraction of sp³-hybridized carbons (Fsp3) is 0.500. The third-order valence-electron chi connectivity index (χ3n) is 2.96. The Morgan fingerprint density at radius 1 is 1.47 bits per heavy atom. The van der Waals surface area contributed by atoms with Crippen LogP contribution in [0.25, 0.3) is 0 Å². The lowest BCUT2D eigenvalue weighted by Crippen LogP contribution is -2.40. The molecule has 2 rings (SSSR count). The van der Waals surface area contributed by atoms with Crippen molar-refractivity contribution in [3.63, 3.8) is 0 Å². The summed E-state index contributed by atoms with van der Waals surface area (Å²) >= 11 is 1.63. The van der Waals surface area contributed by atoms with Crippen molar-refractivity contribution >= 4 is 17.7 Å². The van der Waals surface area contributed by atoms with Crippen molar-refractivity contribution in [3.05, 3.63) is 24.3 Å². The van der Waals surface area contributed by atoms with Gasteiger partial charge in [-0.05, 0) is 31.0 Å². The summed E-state index contributed by atoms with van der Waals surface area (Å²) in [6.45, 7) is 0. The quantitative estimate of drug-likeness (QED) is 0.612. The van der Waals surface area contributed by atoms with Crippen LogP contribution in [0.15, 0.2) is 29.2 Å². The fourth-order valence-corrected chi connectivity index (χ4v) is 2.70. The van der Waals surface area contributed by atoms with E-state index in [-0.39, 0.29) is 12.0 Å². The first-order valence-corrected chi connectivity index (χ1v) is 7.32. The van der Waals surface area contributed by atoms with Gasteiger partial charge in [0.15, 0.2) is 0 Å². The van der Waals surface area contributed by atoms with Gasteiger partial charge in [0, 0.05) is 16.7 Å². The van der Waals surface area contributed by atoms with Crippen molar-refractivity contribution < 1.29 is 14.3 Å². The molecule has 0 saturated heterocycles. The molecule has 1 N–H and O–H groups in total. The third kappa shape index (κ3) is 4.44. The molecule has 4 nitrogen and oxygen atoms in total. The first-order chi connectivity index (χ1) is 9.22. The number of carbonyl (C=O) groups excluding carboxylic acids is 1. The zero-order valence-electron chi connectivity index (χ0n) is 11.2. The molecule has 5 heteroatoms. The summed E-state index contributed by atoms with van der Waals surface area (Å²) < 4.78 is 10.0. The van der Waals surface area contributed by atoms with Crippen LogP contribution in [0.4, 0.5) is 0 Å². The average molecular weight is 281 g/mol. The molecule has 0 heterocycles.